The van der Waals surface area contributed by atoms with Gasteiger partial charge in [-0.1, -0.05) is 19.9 Å². The van der Waals surface area contributed by atoms with Crippen molar-refractivity contribution < 1.29 is 14.2 Å². The van der Waals surface area contributed by atoms with Gasteiger partial charge in [0.1, 0.15) is 0 Å². The van der Waals surface area contributed by atoms with Crippen LogP contribution in [-0.4, -0.2) is 25.9 Å². The van der Waals surface area contributed by atoms with Gasteiger partial charge in [0.15, 0.2) is 11.5 Å². The summed E-state index contributed by atoms with van der Waals surface area (Å²) in [5.41, 5.74) is 1.27. The quantitative estimate of drug-likeness (QED) is 0.707. The van der Waals surface area contributed by atoms with Crippen molar-refractivity contribution in [2.45, 2.75) is 45.8 Å². The maximum Gasteiger partial charge on any atom is 0.161 e. The Hall–Kier alpha value is -1.22. The third-order valence-electron chi connectivity index (χ3n) is 3.57. The van der Waals surface area contributed by atoms with Gasteiger partial charge in [-0.05, 0) is 43.4 Å². The van der Waals surface area contributed by atoms with Crippen LogP contribution in [0.25, 0.3) is 0 Å². The summed E-state index contributed by atoms with van der Waals surface area (Å²) in [5, 5.41) is 0. The summed E-state index contributed by atoms with van der Waals surface area (Å²) in [6.07, 6.45) is 2.85. The minimum absolute atomic E-state index is 0.419. The summed E-state index contributed by atoms with van der Waals surface area (Å²) in [4.78, 5) is 0. The lowest BCUT2D eigenvalue weighted by molar-refractivity contribution is 0.293. The Balaban J connectivity index is 2.01. The number of ether oxygens (including phenoxy) is 3. The Bertz CT molecular complexity index is 416. The predicted octanol–water partition coefficient (Wildman–Crippen LogP) is 3.45. The Labute approximate surface area is 115 Å². The summed E-state index contributed by atoms with van der Waals surface area (Å²) in [6.45, 7) is 7.18. The van der Waals surface area contributed by atoms with Crippen molar-refractivity contribution in [2.24, 2.45) is 5.92 Å². The molecule has 3 heteroatoms. The molecule has 3 atom stereocenters. The topological polar surface area (TPSA) is 31.0 Å². The van der Waals surface area contributed by atoms with Crippen LogP contribution in [0.1, 0.15) is 32.8 Å². The van der Waals surface area contributed by atoms with Gasteiger partial charge in [0.2, 0.25) is 0 Å². The first-order valence-electron chi connectivity index (χ1n) is 7.10. The van der Waals surface area contributed by atoms with Crippen LogP contribution < -0.4 is 9.47 Å². The van der Waals surface area contributed by atoms with Gasteiger partial charge in [-0.3, -0.25) is 0 Å². The van der Waals surface area contributed by atoms with Gasteiger partial charge in [-0.2, -0.15) is 0 Å². The van der Waals surface area contributed by atoms with Crippen molar-refractivity contribution in [1.29, 1.82) is 0 Å². The van der Waals surface area contributed by atoms with Crippen LogP contribution in [0, 0.1) is 5.92 Å². The van der Waals surface area contributed by atoms with Crippen molar-refractivity contribution in [1.82, 2.24) is 0 Å². The summed E-state index contributed by atoms with van der Waals surface area (Å²) in [5.74, 6) is 2.20. The van der Waals surface area contributed by atoms with Gasteiger partial charge in [0.25, 0.3) is 0 Å². The summed E-state index contributed by atoms with van der Waals surface area (Å²) in [6, 6.07) is 6.21. The molecule has 2 rings (SSSR count). The minimum Gasteiger partial charge on any atom is -0.493 e. The molecule has 1 aromatic rings. The zero-order valence-electron chi connectivity index (χ0n) is 12.3. The standard InChI is InChI=1S/C16H24O3/c1-5-8-18-14-7-6-13(10-15(14)17-4)9-11(2)16-12(3)19-16/h6-7,10-12,16H,5,8-9H2,1-4H3. The normalized spacial score (nSPS) is 22.9. The van der Waals surface area contributed by atoms with Gasteiger partial charge in [0, 0.05) is 0 Å². The zero-order chi connectivity index (χ0) is 13.8. The molecule has 106 valence electrons. The van der Waals surface area contributed by atoms with E-state index in [1.807, 2.05) is 6.07 Å². The first kappa shape index (κ1) is 14.2. The van der Waals surface area contributed by atoms with Crippen LogP contribution >= 0.6 is 0 Å². The SMILES string of the molecule is CCCOc1ccc(CC(C)C2OC2C)cc1OC. The summed E-state index contributed by atoms with van der Waals surface area (Å²) >= 11 is 0. The van der Waals surface area contributed by atoms with Gasteiger partial charge in [0.05, 0.1) is 25.9 Å². The fraction of sp³-hybridized carbons (Fsp3) is 0.625. The van der Waals surface area contributed by atoms with E-state index in [0.717, 1.165) is 30.9 Å². The minimum atomic E-state index is 0.419. The third-order valence-corrected chi connectivity index (χ3v) is 3.57. The number of methoxy groups -OCH3 is 1. The first-order chi connectivity index (χ1) is 9.15. The number of hydrogen-bond acceptors (Lipinski definition) is 3. The molecule has 19 heavy (non-hydrogen) atoms. The highest BCUT2D eigenvalue weighted by atomic mass is 16.6. The highest BCUT2D eigenvalue weighted by Crippen LogP contribution is 2.33. The molecule has 1 aliphatic heterocycles. The van der Waals surface area contributed by atoms with E-state index in [2.05, 4.69) is 32.9 Å². The molecule has 1 heterocycles. The molecule has 1 aromatic carbocycles. The van der Waals surface area contributed by atoms with E-state index >= 15 is 0 Å². The van der Waals surface area contributed by atoms with Crippen LogP contribution in [0.3, 0.4) is 0 Å². The maximum atomic E-state index is 5.66. The second-order valence-electron chi connectivity index (χ2n) is 5.32. The predicted molar refractivity (Wildman–Crippen MR) is 76.0 cm³/mol. The maximum absolute atomic E-state index is 5.66. The Kier molecular flexibility index (Phi) is 4.70. The molecule has 3 unspecified atom stereocenters. The molecule has 1 aliphatic rings. The number of hydrogen-bond donors (Lipinski definition) is 0. The average molecular weight is 264 g/mol. The molecule has 0 spiro atoms. The molecule has 0 aliphatic carbocycles. The van der Waals surface area contributed by atoms with Gasteiger partial charge < -0.3 is 14.2 Å². The molecule has 0 bridgehead atoms. The molecule has 1 saturated heterocycles. The van der Waals surface area contributed by atoms with Crippen LogP contribution in [0.5, 0.6) is 11.5 Å². The lowest BCUT2D eigenvalue weighted by Gasteiger charge is -2.13. The van der Waals surface area contributed by atoms with Crippen LogP contribution in [0.4, 0.5) is 0 Å². The lowest BCUT2D eigenvalue weighted by atomic mass is 9.96. The van der Waals surface area contributed by atoms with Crippen molar-refractivity contribution >= 4 is 0 Å². The van der Waals surface area contributed by atoms with Crippen LogP contribution in [0.15, 0.2) is 18.2 Å². The van der Waals surface area contributed by atoms with Crippen molar-refractivity contribution in [3.63, 3.8) is 0 Å². The fourth-order valence-corrected chi connectivity index (χ4v) is 2.46. The molecule has 0 amide bonds. The Morgan fingerprint density at radius 3 is 2.63 bits per heavy atom. The van der Waals surface area contributed by atoms with E-state index in [0.29, 0.717) is 18.1 Å². The Morgan fingerprint density at radius 1 is 1.32 bits per heavy atom. The zero-order valence-corrected chi connectivity index (χ0v) is 12.3. The van der Waals surface area contributed by atoms with Gasteiger partial charge in [-0.25, -0.2) is 0 Å². The second-order valence-corrected chi connectivity index (χ2v) is 5.32. The fourth-order valence-electron chi connectivity index (χ4n) is 2.46. The lowest BCUT2D eigenvalue weighted by Crippen LogP contribution is -2.09. The highest BCUT2D eigenvalue weighted by Gasteiger charge is 2.38. The molecular formula is C16H24O3. The Morgan fingerprint density at radius 2 is 2.05 bits per heavy atom. The van der Waals surface area contributed by atoms with E-state index in [-0.39, 0.29) is 0 Å². The number of benzene rings is 1. The molecule has 3 nitrogen and oxygen atoms in total. The molecular weight excluding hydrogens is 240 g/mol. The summed E-state index contributed by atoms with van der Waals surface area (Å²) in [7, 11) is 1.69. The molecule has 0 saturated carbocycles. The van der Waals surface area contributed by atoms with Crippen molar-refractivity contribution in [3.8, 4) is 11.5 Å². The molecule has 0 N–H and O–H groups in total. The summed E-state index contributed by atoms with van der Waals surface area (Å²) < 4.78 is 16.6. The van der Waals surface area contributed by atoms with Crippen LogP contribution in [-0.2, 0) is 11.2 Å². The smallest absolute Gasteiger partial charge is 0.161 e. The molecule has 0 radical (unpaired) electrons. The van der Waals surface area contributed by atoms with E-state index in [9.17, 15) is 0 Å². The van der Waals surface area contributed by atoms with Crippen LogP contribution in [0.2, 0.25) is 0 Å². The largest absolute Gasteiger partial charge is 0.493 e. The monoisotopic (exact) mass is 264 g/mol. The van der Waals surface area contributed by atoms with E-state index < -0.39 is 0 Å². The van der Waals surface area contributed by atoms with Crippen molar-refractivity contribution in [3.05, 3.63) is 23.8 Å². The van der Waals surface area contributed by atoms with E-state index in [4.69, 9.17) is 14.2 Å². The highest BCUT2D eigenvalue weighted by molar-refractivity contribution is 5.43. The van der Waals surface area contributed by atoms with Crippen molar-refractivity contribution in [2.75, 3.05) is 13.7 Å². The molecule has 0 aromatic heterocycles. The van der Waals surface area contributed by atoms with E-state index in [1.165, 1.54) is 5.56 Å². The second kappa shape index (κ2) is 6.29. The third kappa shape index (κ3) is 3.63. The first-order valence-corrected chi connectivity index (χ1v) is 7.10. The number of rotatable bonds is 7. The van der Waals surface area contributed by atoms with Gasteiger partial charge in [-0.15, -0.1) is 0 Å². The average Bonchev–Trinajstić information content (AvgIpc) is 3.14. The number of epoxide rings is 1. The molecule has 1 fully saturated rings. The van der Waals surface area contributed by atoms with Gasteiger partial charge >= 0.3 is 0 Å². The van der Waals surface area contributed by atoms with E-state index in [1.54, 1.807) is 7.11 Å².